The largest absolute Gasteiger partial charge is 0.497 e. The van der Waals surface area contributed by atoms with E-state index in [9.17, 15) is 0 Å². The lowest BCUT2D eigenvalue weighted by Crippen LogP contribution is -1.98. The van der Waals surface area contributed by atoms with Crippen molar-refractivity contribution in [3.8, 4) is 11.8 Å². The highest BCUT2D eigenvalue weighted by molar-refractivity contribution is 5.29. The number of hydrogen-bond donors (Lipinski definition) is 0. The Kier molecular flexibility index (Phi) is 3.34. The second-order valence-corrected chi connectivity index (χ2v) is 4.25. The summed E-state index contributed by atoms with van der Waals surface area (Å²) in [5.74, 6) is 0.803. The second kappa shape index (κ2) is 4.92. The molecule has 0 unspecified atom stereocenters. The van der Waals surface area contributed by atoms with Crippen molar-refractivity contribution in [2.24, 2.45) is 0 Å². The lowest BCUT2D eigenvalue weighted by Gasteiger charge is -2.07. The number of nitriles is 1. The van der Waals surface area contributed by atoms with Crippen LogP contribution in [0.15, 0.2) is 30.5 Å². The summed E-state index contributed by atoms with van der Waals surface area (Å²) >= 11 is 0. The molecule has 0 spiro atoms. The number of aromatic nitrogens is 1. The van der Waals surface area contributed by atoms with Crippen molar-refractivity contribution in [3.63, 3.8) is 0 Å². The minimum Gasteiger partial charge on any atom is -0.497 e. The third kappa shape index (κ3) is 2.79. The van der Waals surface area contributed by atoms with Gasteiger partial charge in [-0.1, -0.05) is 6.07 Å². The third-order valence-corrected chi connectivity index (χ3v) is 2.88. The van der Waals surface area contributed by atoms with Gasteiger partial charge in [-0.05, 0) is 38.0 Å². The molecule has 88 valence electrons. The van der Waals surface area contributed by atoms with Crippen molar-refractivity contribution in [2.75, 3.05) is 7.11 Å². The second-order valence-electron chi connectivity index (χ2n) is 4.25. The molecule has 2 rings (SSSR count). The molecule has 0 atom stereocenters. The summed E-state index contributed by atoms with van der Waals surface area (Å²) in [6, 6.07) is 10.3. The van der Waals surface area contributed by atoms with Gasteiger partial charge in [-0.2, -0.15) is 5.26 Å². The monoisotopic (exact) mass is 228 g/mol. The minimum atomic E-state index is 0.541. The van der Waals surface area contributed by atoms with Crippen molar-refractivity contribution >= 4 is 0 Å². The van der Waals surface area contributed by atoms with Crippen LogP contribution in [-0.4, -0.2) is 11.7 Å². The molecule has 1 aliphatic carbocycles. The van der Waals surface area contributed by atoms with Crippen molar-refractivity contribution in [1.29, 1.82) is 5.26 Å². The molecule has 0 radical (unpaired) electrons. The van der Waals surface area contributed by atoms with Crippen LogP contribution in [0.5, 0.6) is 5.75 Å². The average molecular weight is 228 g/mol. The number of ether oxygens (including phenoxy) is 1. The molecule has 1 aromatic rings. The van der Waals surface area contributed by atoms with Crippen LogP contribution in [0.25, 0.3) is 0 Å². The SMILES string of the molecule is COc1cccc(C#N)cn(C2CC2)c(C)c1. The molecular formula is C14H16N2O. The number of nitrogens with zero attached hydrogens (tertiary/aromatic N) is 2. The first-order valence-electron chi connectivity index (χ1n) is 5.75. The van der Waals surface area contributed by atoms with Gasteiger partial charge >= 0.3 is 0 Å². The Hall–Kier alpha value is -1.95. The normalized spacial score (nSPS) is 13.7. The molecular weight excluding hydrogens is 212 g/mol. The molecule has 0 bridgehead atoms. The Morgan fingerprint density at radius 3 is 2.76 bits per heavy atom. The van der Waals surface area contributed by atoms with E-state index >= 15 is 0 Å². The van der Waals surface area contributed by atoms with Crippen LogP contribution in [0.2, 0.25) is 0 Å². The van der Waals surface area contributed by atoms with E-state index in [2.05, 4.69) is 10.6 Å². The molecule has 3 heteroatoms. The van der Waals surface area contributed by atoms with Gasteiger partial charge in [0.25, 0.3) is 0 Å². The summed E-state index contributed by atoms with van der Waals surface area (Å²) in [6.45, 7) is 2.04. The summed E-state index contributed by atoms with van der Waals surface area (Å²) in [5.41, 5.74) is 1.77. The fraction of sp³-hybridized carbons (Fsp3) is 0.357. The third-order valence-electron chi connectivity index (χ3n) is 2.88. The maximum Gasteiger partial charge on any atom is 0.120 e. The number of hydrogen-bond acceptors (Lipinski definition) is 2. The van der Waals surface area contributed by atoms with Crippen LogP contribution < -0.4 is 4.74 Å². The first-order valence-corrected chi connectivity index (χ1v) is 5.75. The van der Waals surface area contributed by atoms with E-state index in [0.29, 0.717) is 11.6 Å². The van der Waals surface area contributed by atoms with Crippen LogP contribution in [0, 0.1) is 18.3 Å². The Morgan fingerprint density at radius 2 is 2.18 bits per heavy atom. The molecule has 1 heterocycles. The average Bonchev–Trinajstić information content (AvgIpc) is 3.14. The Labute approximate surface area is 102 Å². The Balaban J connectivity index is 2.65. The summed E-state index contributed by atoms with van der Waals surface area (Å²) in [6.07, 6.45) is 4.30. The molecule has 0 aromatic carbocycles. The molecule has 1 aliphatic rings. The van der Waals surface area contributed by atoms with E-state index in [0.717, 1.165) is 11.4 Å². The van der Waals surface area contributed by atoms with E-state index in [1.165, 1.54) is 12.8 Å². The molecule has 0 aliphatic heterocycles. The van der Waals surface area contributed by atoms with Crippen LogP contribution in [0.1, 0.15) is 30.1 Å². The quantitative estimate of drug-likeness (QED) is 0.780. The van der Waals surface area contributed by atoms with Gasteiger partial charge in [-0.15, -0.1) is 0 Å². The fourth-order valence-electron chi connectivity index (χ4n) is 1.81. The van der Waals surface area contributed by atoms with Crippen LogP contribution in [0.3, 0.4) is 0 Å². The Morgan fingerprint density at radius 1 is 1.41 bits per heavy atom. The van der Waals surface area contributed by atoms with Crippen LogP contribution >= 0.6 is 0 Å². The van der Waals surface area contributed by atoms with Gasteiger partial charge < -0.3 is 9.30 Å². The standard InChI is InChI=1S/C14H16N2O/c1-11-8-14(17-2)5-3-4-12(9-15)10-16(11)13-6-7-13/h3-5,8,10,13H,6-7H2,1-2H3. The van der Waals surface area contributed by atoms with Gasteiger partial charge in [0.05, 0.1) is 12.7 Å². The fourth-order valence-corrected chi connectivity index (χ4v) is 1.81. The van der Waals surface area contributed by atoms with Crippen LogP contribution in [0.4, 0.5) is 0 Å². The summed E-state index contributed by atoms with van der Waals surface area (Å²) in [5, 5.41) is 9.06. The maximum absolute atomic E-state index is 9.06. The first kappa shape index (κ1) is 11.5. The van der Waals surface area contributed by atoms with E-state index < -0.39 is 0 Å². The highest BCUT2D eigenvalue weighted by Crippen LogP contribution is 2.35. The van der Waals surface area contributed by atoms with Gasteiger partial charge in [-0.3, -0.25) is 0 Å². The number of rotatable bonds is 2. The van der Waals surface area contributed by atoms with Gasteiger partial charge in [-0.25, -0.2) is 0 Å². The highest BCUT2D eigenvalue weighted by atomic mass is 16.5. The molecule has 3 nitrogen and oxygen atoms in total. The van der Waals surface area contributed by atoms with E-state index in [1.807, 2.05) is 31.3 Å². The molecule has 1 aromatic heterocycles. The molecule has 17 heavy (non-hydrogen) atoms. The van der Waals surface area contributed by atoms with E-state index in [-0.39, 0.29) is 0 Å². The maximum atomic E-state index is 9.06. The Bertz CT molecular complexity index is 506. The predicted octanol–water partition coefficient (Wildman–Crippen LogP) is 3.14. The zero-order valence-corrected chi connectivity index (χ0v) is 10.2. The van der Waals surface area contributed by atoms with Crippen LogP contribution in [-0.2, 0) is 0 Å². The first-order chi connectivity index (χ1) is 8.24. The molecule has 0 N–H and O–H groups in total. The molecule has 1 saturated carbocycles. The van der Waals surface area contributed by atoms with Crippen molar-refractivity contribution in [2.45, 2.75) is 25.8 Å². The van der Waals surface area contributed by atoms with Gasteiger partial charge in [0.15, 0.2) is 0 Å². The molecule has 1 fully saturated rings. The zero-order valence-electron chi connectivity index (χ0n) is 10.2. The van der Waals surface area contributed by atoms with Gasteiger partial charge in [0.1, 0.15) is 11.8 Å². The number of methoxy groups -OCH3 is 1. The lowest BCUT2D eigenvalue weighted by atomic mass is 10.3. The van der Waals surface area contributed by atoms with Gasteiger partial charge in [0, 0.05) is 17.9 Å². The van der Waals surface area contributed by atoms with E-state index in [1.54, 1.807) is 13.2 Å². The summed E-state index contributed by atoms with van der Waals surface area (Å²) < 4.78 is 7.44. The molecule has 0 amide bonds. The number of aryl methyl sites for hydroxylation is 1. The minimum absolute atomic E-state index is 0.541. The molecule has 0 saturated heterocycles. The summed E-state index contributed by atoms with van der Waals surface area (Å²) in [4.78, 5) is 0. The predicted molar refractivity (Wildman–Crippen MR) is 66.3 cm³/mol. The topological polar surface area (TPSA) is 37.9 Å². The van der Waals surface area contributed by atoms with Crippen molar-refractivity contribution in [3.05, 3.63) is 41.7 Å². The van der Waals surface area contributed by atoms with Gasteiger partial charge in [0.2, 0.25) is 0 Å². The van der Waals surface area contributed by atoms with E-state index in [4.69, 9.17) is 10.00 Å². The zero-order chi connectivity index (χ0) is 12.3. The summed E-state index contributed by atoms with van der Waals surface area (Å²) in [7, 11) is 1.65. The van der Waals surface area contributed by atoms with Crippen molar-refractivity contribution in [1.82, 2.24) is 4.57 Å². The van der Waals surface area contributed by atoms with Crippen molar-refractivity contribution < 1.29 is 4.74 Å². The smallest absolute Gasteiger partial charge is 0.120 e. The lowest BCUT2D eigenvalue weighted by molar-refractivity contribution is 0.414. The highest BCUT2D eigenvalue weighted by Gasteiger charge is 2.23.